The summed E-state index contributed by atoms with van der Waals surface area (Å²) in [5.41, 5.74) is 1.01. The van der Waals surface area contributed by atoms with E-state index < -0.39 is 5.92 Å². The quantitative estimate of drug-likeness (QED) is 0.632. The number of carbonyl (C=O) groups excluding carboxylic acids is 3. The Morgan fingerprint density at radius 3 is 2.45 bits per heavy atom. The minimum atomic E-state index is -1.00. The molecule has 0 aromatic heterocycles. The zero-order chi connectivity index (χ0) is 14.7. The van der Waals surface area contributed by atoms with Gasteiger partial charge in [-0.1, -0.05) is 19.1 Å². The van der Waals surface area contributed by atoms with Crippen molar-refractivity contribution < 1.29 is 14.4 Å². The van der Waals surface area contributed by atoms with E-state index in [-0.39, 0.29) is 29.7 Å². The molecule has 3 nitrogen and oxygen atoms in total. The van der Waals surface area contributed by atoms with Gasteiger partial charge in [0, 0.05) is 24.2 Å². The number of Topliss-reactive ketones (excluding diaryl/α,β-unsaturated/α-hetero) is 3. The van der Waals surface area contributed by atoms with Gasteiger partial charge in [0.1, 0.15) is 5.92 Å². The van der Waals surface area contributed by atoms with Gasteiger partial charge >= 0.3 is 0 Å². The maximum absolute atomic E-state index is 12.1. The molecule has 0 saturated heterocycles. The smallest absolute Gasteiger partial charge is 0.151 e. The van der Waals surface area contributed by atoms with E-state index in [4.69, 9.17) is 0 Å². The van der Waals surface area contributed by atoms with Crippen LogP contribution in [-0.2, 0) is 14.4 Å². The Bertz CT molecular complexity index is 532. The number of hydrogen-bond donors (Lipinski definition) is 0. The second kappa shape index (κ2) is 6.35. The van der Waals surface area contributed by atoms with Crippen molar-refractivity contribution in [3.63, 3.8) is 0 Å². The second-order valence-electron chi connectivity index (χ2n) is 5.07. The normalized spacial score (nSPS) is 22.9. The predicted molar refractivity (Wildman–Crippen MR) is 79.0 cm³/mol. The first-order valence-electron chi connectivity index (χ1n) is 6.79. The van der Waals surface area contributed by atoms with E-state index in [9.17, 15) is 14.4 Å². The first kappa shape index (κ1) is 15.0. The number of hydrogen-bond acceptors (Lipinski definition) is 4. The molecule has 20 heavy (non-hydrogen) atoms. The standard InChI is InChI=1S/C16H18O3S/c1-3-13(17)16-14(18)8-11(9-15(16)19)10-5-4-6-12(7-10)20-2/h4-7,11,16H,3,8-9H2,1-2H3. The summed E-state index contributed by atoms with van der Waals surface area (Å²) < 4.78 is 0. The SMILES string of the molecule is CCC(=O)C1C(=O)CC(c2cccc(SC)c2)CC1=O. The lowest BCUT2D eigenvalue weighted by molar-refractivity contribution is -0.142. The van der Waals surface area contributed by atoms with Crippen LogP contribution in [0.1, 0.15) is 37.7 Å². The molecule has 1 aromatic rings. The van der Waals surface area contributed by atoms with Crippen molar-refractivity contribution in [2.75, 3.05) is 6.26 Å². The van der Waals surface area contributed by atoms with Gasteiger partial charge in [0.05, 0.1) is 0 Å². The van der Waals surface area contributed by atoms with Crippen LogP contribution in [0.4, 0.5) is 0 Å². The molecule has 1 aliphatic rings. The van der Waals surface area contributed by atoms with Crippen LogP contribution < -0.4 is 0 Å². The highest BCUT2D eigenvalue weighted by Crippen LogP contribution is 2.33. The third-order valence-electron chi connectivity index (χ3n) is 3.77. The Kier molecular flexibility index (Phi) is 4.76. The molecule has 0 unspecified atom stereocenters. The zero-order valence-electron chi connectivity index (χ0n) is 11.7. The van der Waals surface area contributed by atoms with Crippen molar-refractivity contribution in [2.24, 2.45) is 5.92 Å². The lowest BCUT2D eigenvalue weighted by Crippen LogP contribution is -2.37. The number of benzene rings is 1. The number of thioether (sulfide) groups is 1. The van der Waals surface area contributed by atoms with E-state index in [0.717, 1.165) is 10.5 Å². The molecule has 1 saturated carbocycles. The second-order valence-corrected chi connectivity index (χ2v) is 5.95. The molecule has 1 aliphatic carbocycles. The van der Waals surface area contributed by atoms with Crippen LogP contribution in [0.5, 0.6) is 0 Å². The minimum Gasteiger partial charge on any atom is -0.298 e. The van der Waals surface area contributed by atoms with E-state index in [1.54, 1.807) is 18.7 Å². The third-order valence-corrected chi connectivity index (χ3v) is 4.50. The molecule has 0 heterocycles. The average Bonchev–Trinajstić information content (AvgIpc) is 2.46. The molecular formula is C16H18O3S. The Morgan fingerprint density at radius 2 is 1.90 bits per heavy atom. The van der Waals surface area contributed by atoms with Crippen LogP contribution in [0.2, 0.25) is 0 Å². The molecule has 1 aromatic carbocycles. The highest BCUT2D eigenvalue weighted by atomic mass is 32.2. The van der Waals surface area contributed by atoms with Crippen LogP contribution in [0.15, 0.2) is 29.2 Å². The molecular weight excluding hydrogens is 272 g/mol. The number of rotatable bonds is 4. The van der Waals surface area contributed by atoms with Crippen LogP contribution in [-0.4, -0.2) is 23.6 Å². The van der Waals surface area contributed by atoms with Gasteiger partial charge < -0.3 is 0 Å². The van der Waals surface area contributed by atoms with Crippen molar-refractivity contribution in [3.05, 3.63) is 29.8 Å². The van der Waals surface area contributed by atoms with Gasteiger partial charge in [-0.15, -0.1) is 11.8 Å². The van der Waals surface area contributed by atoms with Crippen LogP contribution in [0, 0.1) is 5.92 Å². The van der Waals surface area contributed by atoms with Crippen LogP contribution in [0.3, 0.4) is 0 Å². The van der Waals surface area contributed by atoms with Crippen molar-refractivity contribution in [2.45, 2.75) is 37.0 Å². The summed E-state index contributed by atoms with van der Waals surface area (Å²) in [6.07, 6.45) is 2.82. The molecule has 1 fully saturated rings. The zero-order valence-corrected chi connectivity index (χ0v) is 12.5. The fourth-order valence-electron chi connectivity index (χ4n) is 2.67. The van der Waals surface area contributed by atoms with Crippen LogP contribution in [0.25, 0.3) is 0 Å². The third kappa shape index (κ3) is 3.01. The molecule has 106 valence electrons. The van der Waals surface area contributed by atoms with Gasteiger partial charge in [0.25, 0.3) is 0 Å². The lowest BCUT2D eigenvalue weighted by atomic mass is 9.75. The Morgan fingerprint density at radius 1 is 1.25 bits per heavy atom. The van der Waals surface area contributed by atoms with Gasteiger partial charge in [-0.2, -0.15) is 0 Å². The highest BCUT2D eigenvalue weighted by molar-refractivity contribution is 7.98. The van der Waals surface area contributed by atoms with Gasteiger partial charge in [0.15, 0.2) is 17.3 Å². The van der Waals surface area contributed by atoms with Gasteiger partial charge in [-0.3, -0.25) is 14.4 Å². The van der Waals surface area contributed by atoms with Crippen molar-refractivity contribution in [1.29, 1.82) is 0 Å². The monoisotopic (exact) mass is 290 g/mol. The summed E-state index contributed by atoms with van der Waals surface area (Å²) in [6, 6.07) is 7.92. The molecule has 0 amide bonds. The molecule has 0 aliphatic heterocycles. The van der Waals surface area contributed by atoms with E-state index in [2.05, 4.69) is 0 Å². The van der Waals surface area contributed by atoms with Gasteiger partial charge in [0.2, 0.25) is 0 Å². The lowest BCUT2D eigenvalue weighted by Gasteiger charge is -2.25. The van der Waals surface area contributed by atoms with E-state index in [0.29, 0.717) is 12.8 Å². The number of carbonyl (C=O) groups is 3. The highest BCUT2D eigenvalue weighted by Gasteiger charge is 2.39. The minimum absolute atomic E-state index is 0.0805. The van der Waals surface area contributed by atoms with E-state index in [1.807, 2.05) is 30.5 Å². The summed E-state index contributed by atoms with van der Waals surface area (Å²) in [5.74, 6) is -1.75. The van der Waals surface area contributed by atoms with E-state index in [1.165, 1.54) is 0 Å². The fraction of sp³-hybridized carbons (Fsp3) is 0.438. The summed E-state index contributed by atoms with van der Waals surface area (Å²) >= 11 is 1.63. The first-order valence-corrected chi connectivity index (χ1v) is 8.01. The molecule has 0 N–H and O–H groups in total. The number of ketones is 3. The van der Waals surface area contributed by atoms with Gasteiger partial charge in [-0.25, -0.2) is 0 Å². The summed E-state index contributed by atoms with van der Waals surface area (Å²) in [4.78, 5) is 37.0. The van der Waals surface area contributed by atoms with Crippen molar-refractivity contribution in [3.8, 4) is 0 Å². The van der Waals surface area contributed by atoms with E-state index >= 15 is 0 Å². The molecule has 0 atom stereocenters. The largest absolute Gasteiger partial charge is 0.298 e. The first-order chi connectivity index (χ1) is 9.56. The summed E-state index contributed by atoms with van der Waals surface area (Å²) in [5, 5.41) is 0. The Hall–Kier alpha value is -1.42. The molecule has 0 bridgehead atoms. The Labute approximate surface area is 123 Å². The Balaban J connectivity index is 2.20. The van der Waals surface area contributed by atoms with Crippen LogP contribution >= 0.6 is 11.8 Å². The maximum atomic E-state index is 12.1. The summed E-state index contributed by atoms with van der Waals surface area (Å²) in [6.45, 7) is 1.69. The fourth-order valence-corrected chi connectivity index (χ4v) is 3.14. The predicted octanol–water partition coefficient (Wildman–Crippen LogP) is 3.02. The molecule has 0 radical (unpaired) electrons. The molecule has 4 heteroatoms. The topological polar surface area (TPSA) is 51.2 Å². The van der Waals surface area contributed by atoms with Crippen molar-refractivity contribution in [1.82, 2.24) is 0 Å². The summed E-state index contributed by atoms with van der Waals surface area (Å²) in [7, 11) is 0. The molecule has 2 rings (SSSR count). The van der Waals surface area contributed by atoms with Crippen molar-refractivity contribution >= 4 is 29.1 Å². The average molecular weight is 290 g/mol. The molecule has 0 spiro atoms. The van der Waals surface area contributed by atoms with Gasteiger partial charge in [-0.05, 0) is 29.9 Å². The maximum Gasteiger partial charge on any atom is 0.151 e.